The molecule has 1 atom stereocenters. The Labute approximate surface area is 170 Å². The highest BCUT2D eigenvalue weighted by atomic mass is 16.6. The lowest BCUT2D eigenvalue weighted by molar-refractivity contribution is -0.385. The first-order valence-electron chi connectivity index (χ1n) is 9.94. The molecule has 0 bridgehead atoms. The fraction of sp³-hybridized carbons (Fsp3) is 0.348. The Balaban J connectivity index is 1.39. The zero-order valence-electron chi connectivity index (χ0n) is 16.4. The molecule has 1 aliphatic carbocycles. The van der Waals surface area contributed by atoms with E-state index in [-0.39, 0.29) is 17.4 Å². The van der Waals surface area contributed by atoms with Crippen LogP contribution in [0.15, 0.2) is 60.7 Å². The number of nitro benzene ring substituents is 1. The topological polar surface area (TPSA) is 81.5 Å². The zero-order valence-corrected chi connectivity index (χ0v) is 16.4. The van der Waals surface area contributed by atoms with E-state index in [1.807, 2.05) is 36.4 Å². The summed E-state index contributed by atoms with van der Waals surface area (Å²) in [5.41, 5.74) is 2.06. The van der Waals surface area contributed by atoms with Crippen molar-refractivity contribution >= 4 is 17.0 Å². The van der Waals surface area contributed by atoms with Crippen molar-refractivity contribution < 1.29 is 14.5 Å². The summed E-state index contributed by atoms with van der Waals surface area (Å²) in [6, 6.07) is 16.5. The Bertz CT molecular complexity index is 864. The molecule has 2 aromatic rings. The number of benzene rings is 2. The molecule has 3 rings (SSSR count). The molecule has 0 fully saturated rings. The minimum Gasteiger partial charge on any atom is -0.375 e. The van der Waals surface area contributed by atoms with Gasteiger partial charge in [-0.25, -0.2) is 0 Å². The second-order valence-corrected chi connectivity index (χ2v) is 7.20. The lowest BCUT2D eigenvalue weighted by Gasteiger charge is -2.21. The molecule has 1 unspecified atom stereocenters. The van der Waals surface area contributed by atoms with Crippen LogP contribution in [0.25, 0.3) is 5.57 Å². The molecule has 2 aromatic carbocycles. The van der Waals surface area contributed by atoms with E-state index in [4.69, 9.17) is 4.74 Å². The third-order valence-corrected chi connectivity index (χ3v) is 5.08. The summed E-state index contributed by atoms with van der Waals surface area (Å²) in [5.74, 6) is 0.258. The monoisotopic (exact) mass is 394 g/mol. The van der Waals surface area contributed by atoms with Gasteiger partial charge in [-0.15, -0.1) is 0 Å². The van der Waals surface area contributed by atoms with Gasteiger partial charge in [-0.3, -0.25) is 14.9 Å². The average Bonchev–Trinajstić information content (AvgIpc) is 2.74. The van der Waals surface area contributed by atoms with E-state index in [0.717, 1.165) is 31.5 Å². The van der Waals surface area contributed by atoms with E-state index in [1.54, 1.807) is 18.2 Å². The molecule has 0 spiro atoms. The number of ketones is 1. The lowest BCUT2D eigenvalue weighted by Crippen LogP contribution is -2.24. The zero-order chi connectivity index (χ0) is 20.5. The van der Waals surface area contributed by atoms with Crippen LogP contribution >= 0.6 is 0 Å². The SMILES string of the molecule is O=C1CC(CCNCCOCc2ccccc2)CC=C1c1ccccc1[N+](=O)[O-]. The molecule has 0 radical (unpaired) electrons. The van der Waals surface area contributed by atoms with E-state index in [0.29, 0.717) is 30.8 Å². The molecular formula is C23H26N2O4. The number of rotatable bonds is 10. The third-order valence-electron chi connectivity index (χ3n) is 5.08. The normalized spacial score (nSPS) is 16.5. The highest BCUT2D eigenvalue weighted by Gasteiger charge is 2.26. The highest BCUT2D eigenvalue weighted by molar-refractivity contribution is 6.22. The first-order chi connectivity index (χ1) is 14.1. The van der Waals surface area contributed by atoms with Crippen LogP contribution < -0.4 is 5.32 Å². The number of allylic oxidation sites excluding steroid dienone is 2. The fourth-order valence-electron chi connectivity index (χ4n) is 3.53. The fourth-order valence-corrected chi connectivity index (χ4v) is 3.53. The van der Waals surface area contributed by atoms with Crippen LogP contribution in [-0.4, -0.2) is 30.4 Å². The van der Waals surface area contributed by atoms with Crippen molar-refractivity contribution in [1.29, 1.82) is 0 Å². The number of carbonyl (C=O) groups is 1. The van der Waals surface area contributed by atoms with Gasteiger partial charge >= 0.3 is 0 Å². The molecular weight excluding hydrogens is 368 g/mol. The van der Waals surface area contributed by atoms with Crippen molar-refractivity contribution in [3.8, 4) is 0 Å². The van der Waals surface area contributed by atoms with Gasteiger partial charge in [0.2, 0.25) is 0 Å². The predicted octanol–water partition coefficient (Wildman–Crippen LogP) is 4.15. The molecule has 0 aliphatic heterocycles. The molecule has 1 N–H and O–H groups in total. The maximum atomic E-state index is 12.6. The van der Waals surface area contributed by atoms with Crippen LogP contribution in [0.4, 0.5) is 5.69 Å². The van der Waals surface area contributed by atoms with Gasteiger partial charge in [-0.05, 0) is 36.9 Å². The van der Waals surface area contributed by atoms with Crippen molar-refractivity contribution in [3.63, 3.8) is 0 Å². The van der Waals surface area contributed by atoms with Crippen molar-refractivity contribution in [2.45, 2.75) is 25.9 Å². The summed E-state index contributed by atoms with van der Waals surface area (Å²) in [5, 5.41) is 14.6. The summed E-state index contributed by atoms with van der Waals surface area (Å²) in [6.45, 7) is 2.84. The van der Waals surface area contributed by atoms with Gasteiger partial charge in [0.1, 0.15) is 0 Å². The number of nitrogens with one attached hydrogen (secondary N) is 1. The Morgan fingerprint density at radius 2 is 1.83 bits per heavy atom. The first kappa shape index (κ1) is 20.9. The van der Waals surface area contributed by atoms with Crippen molar-refractivity contribution in [1.82, 2.24) is 5.32 Å². The van der Waals surface area contributed by atoms with Crippen LogP contribution in [0.3, 0.4) is 0 Å². The summed E-state index contributed by atoms with van der Waals surface area (Å²) in [6.07, 6.45) is 3.95. The number of Topliss-reactive ketones (excluding diaryl/α,β-unsaturated/α-hetero) is 1. The number of nitro groups is 1. The standard InChI is InChI=1S/C23H26N2O4/c26-23-16-18(10-11-21(23)20-8-4-5-9-22(20)25(27)28)12-13-24-14-15-29-17-19-6-2-1-3-7-19/h1-9,11,18,24H,10,12-17H2. The van der Waals surface area contributed by atoms with Gasteiger partial charge < -0.3 is 10.1 Å². The summed E-state index contributed by atoms with van der Waals surface area (Å²) >= 11 is 0. The quantitative estimate of drug-likeness (QED) is 0.372. The molecule has 0 saturated carbocycles. The van der Waals surface area contributed by atoms with Gasteiger partial charge in [0.05, 0.1) is 23.7 Å². The maximum absolute atomic E-state index is 12.6. The Kier molecular flexibility index (Phi) is 7.67. The van der Waals surface area contributed by atoms with Gasteiger partial charge in [-0.1, -0.05) is 48.5 Å². The molecule has 29 heavy (non-hydrogen) atoms. The minimum atomic E-state index is -0.431. The molecule has 152 valence electrons. The van der Waals surface area contributed by atoms with E-state index >= 15 is 0 Å². The molecule has 0 heterocycles. The van der Waals surface area contributed by atoms with Gasteiger partial charge in [0, 0.05) is 24.6 Å². The predicted molar refractivity (Wildman–Crippen MR) is 112 cm³/mol. The van der Waals surface area contributed by atoms with Gasteiger partial charge in [0.25, 0.3) is 5.69 Å². The average molecular weight is 394 g/mol. The summed E-state index contributed by atoms with van der Waals surface area (Å²) in [7, 11) is 0. The van der Waals surface area contributed by atoms with Gasteiger partial charge in [0.15, 0.2) is 5.78 Å². The minimum absolute atomic E-state index is 0.0114. The second-order valence-electron chi connectivity index (χ2n) is 7.20. The molecule has 0 amide bonds. The van der Waals surface area contributed by atoms with E-state index in [9.17, 15) is 14.9 Å². The first-order valence-corrected chi connectivity index (χ1v) is 9.94. The second kappa shape index (κ2) is 10.6. The number of para-hydroxylation sites is 1. The molecule has 6 nitrogen and oxygen atoms in total. The Hall–Kier alpha value is -2.83. The third kappa shape index (κ3) is 6.07. The number of nitrogens with zero attached hydrogens (tertiary/aromatic N) is 1. The molecule has 0 saturated heterocycles. The number of ether oxygens (including phenoxy) is 1. The Morgan fingerprint density at radius 3 is 2.59 bits per heavy atom. The van der Waals surface area contributed by atoms with Crippen LogP contribution in [0.5, 0.6) is 0 Å². The van der Waals surface area contributed by atoms with E-state index < -0.39 is 4.92 Å². The van der Waals surface area contributed by atoms with Crippen LogP contribution in [0.2, 0.25) is 0 Å². The maximum Gasteiger partial charge on any atom is 0.277 e. The highest BCUT2D eigenvalue weighted by Crippen LogP contribution is 2.33. The summed E-state index contributed by atoms with van der Waals surface area (Å²) in [4.78, 5) is 23.3. The lowest BCUT2D eigenvalue weighted by atomic mass is 9.83. The number of carbonyl (C=O) groups excluding carboxylic acids is 1. The van der Waals surface area contributed by atoms with E-state index in [2.05, 4.69) is 5.32 Å². The molecule has 6 heteroatoms. The van der Waals surface area contributed by atoms with Gasteiger partial charge in [-0.2, -0.15) is 0 Å². The molecule has 0 aromatic heterocycles. The molecule has 1 aliphatic rings. The van der Waals surface area contributed by atoms with Crippen LogP contribution in [0.1, 0.15) is 30.4 Å². The van der Waals surface area contributed by atoms with Crippen LogP contribution in [-0.2, 0) is 16.1 Å². The van der Waals surface area contributed by atoms with Crippen molar-refractivity contribution in [3.05, 3.63) is 81.9 Å². The number of hydrogen-bond acceptors (Lipinski definition) is 5. The number of hydrogen-bond donors (Lipinski definition) is 1. The van der Waals surface area contributed by atoms with Crippen LogP contribution in [0, 0.1) is 16.0 Å². The largest absolute Gasteiger partial charge is 0.375 e. The van der Waals surface area contributed by atoms with E-state index in [1.165, 1.54) is 6.07 Å². The summed E-state index contributed by atoms with van der Waals surface area (Å²) < 4.78 is 5.64. The Morgan fingerprint density at radius 1 is 1.07 bits per heavy atom. The van der Waals surface area contributed by atoms with Crippen molar-refractivity contribution in [2.24, 2.45) is 5.92 Å². The van der Waals surface area contributed by atoms with Crippen molar-refractivity contribution in [2.75, 3.05) is 19.7 Å². The smallest absolute Gasteiger partial charge is 0.277 e.